The van der Waals surface area contributed by atoms with Crippen LogP contribution in [0.3, 0.4) is 0 Å². The lowest BCUT2D eigenvalue weighted by Gasteiger charge is -2.32. The van der Waals surface area contributed by atoms with E-state index < -0.39 is 0 Å². The van der Waals surface area contributed by atoms with Crippen LogP contribution in [0, 0.1) is 5.92 Å². The van der Waals surface area contributed by atoms with Crippen LogP contribution in [-0.4, -0.2) is 30.1 Å². The summed E-state index contributed by atoms with van der Waals surface area (Å²) in [6, 6.07) is 8.20. The molecule has 3 rings (SSSR count). The number of fused-ring (bicyclic) bond motifs is 1. The van der Waals surface area contributed by atoms with Crippen LogP contribution in [0.4, 0.5) is 4.79 Å². The van der Waals surface area contributed by atoms with Crippen molar-refractivity contribution in [2.75, 3.05) is 13.1 Å². The molecule has 3 N–H and O–H groups in total. The van der Waals surface area contributed by atoms with Crippen LogP contribution in [0.1, 0.15) is 36.9 Å². The predicted molar refractivity (Wildman–Crippen MR) is 79.4 cm³/mol. The van der Waals surface area contributed by atoms with Gasteiger partial charge < -0.3 is 16.0 Å². The number of benzene rings is 1. The monoisotopic (exact) mass is 273 g/mol. The van der Waals surface area contributed by atoms with Crippen LogP contribution in [0.25, 0.3) is 0 Å². The Balaban J connectivity index is 1.67. The maximum absolute atomic E-state index is 12.4. The van der Waals surface area contributed by atoms with Gasteiger partial charge in [-0.3, -0.25) is 0 Å². The third kappa shape index (κ3) is 2.52. The zero-order chi connectivity index (χ0) is 14.1. The minimum absolute atomic E-state index is 0.0138. The van der Waals surface area contributed by atoms with Crippen molar-refractivity contribution >= 4 is 6.03 Å². The van der Waals surface area contributed by atoms with Crippen LogP contribution in [-0.2, 0) is 6.42 Å². The Morgan fingerprint density at radius 2 is 2.00 bits per heavy atom. The van der Waals surface area contributed by atoms with Crippen molar-refractivity contribution in [2.45, 2.75) is 38.3 Å². The first-order valence-corrected chi connectivity index (χ1v) is 7.54. The lowest BCUT2D eigenvalue weighted by Crippen LogP contribution is -2.48. The second-order valence-corrected chi connectivity index (χ2v) is 6.16. The Morgan fingerprint density at radius 1 is 1.30 bits per heavy atom. The van der Waals surface area contributed by atoms with Crippen LogP contribution >= 0.6 is 0 Å². The first-order valence-electron chi connectivity index (χ1n) is 7.54. The number of hydrogen-bond donors (Lipinski definition) is 2. The average molecular weight is 273 g/mol. The summed E-state index contributed by atoms with van der Waals surface area (Å²) in [6.07, 6.45) is 3.04. The van der Waals surface area contributed by atoms with Crippen molar-refractivity contribution in [3.05, 3.63) is 35.4 Å². The molecule has 0 radical (unpaired) electrons. The van der Waals surface area contributed by atoms with Crippen LogP contribution in [0.15, 0.2) is 24.3 Å². The molecular weight excluding hydrogens is 250 g/mol. The zero-order valence-corrected chi connectivity index (χ0v) is 12.0. The molecule has 1 fully saturated rings. The number of nitrogens with one attached hydrogen (secondary N) is 1. The van der Waals surface area contributed by atoms with Crippen molar-refractivity contribution < 1.29 is 4.79 Å². The standard InChI is InChI=1S/C16H23N3O/c1-11-6-8-19(9-7-11)16(20)18-15-13-5-3-2-4-12(13)10-14(15)17/h2-5,11,14-15H,6-10,17H2,1H3,(H,18,20). The molecule has 1 aromatic rings. The maximum Gasteiger partial charge on any atom is 0.317 e. The lowest BCUT2D eigenvalue weighted by atomic mass is 9.99. The van der Waals surface area contributed by atoms with Gasteiger partial charge in [-0.15, -0.1) is 0 Å². The summed E-state index contributed by atoms with van der Waals surface area (Å²) >= 11 is 0. The largest absolute Gasteiger partial charge is 0.330 e. The maximum atomic E-state index is 12.4. The summed E-state index contributed by atoms with van der Waals surface area (Å²) in [4.78, 5) is 14.3. The molecule has 0 aromatic heterocycles. The molecule has 1 aliphatic carbocycles. The van der Waals surface area contributed by atoms with Gasteiger partial charge in [0.25, 0.3) is 0 Å². The van der Waals surface area contributed by atoms with Gasteiger partial charge in [0.2, 0.25) is 0 Å². The first kappa shape index (κ1) is 13.4. The van der Waals surface area contributed by atoms with Crippen molar-refractivity contribution in [3.63, 3.8) is 0 Å². The molecule has 4 nitrogen and oxygen atoms in total. The van der Waals surface area contributed by atoms with E-state index in [1.54, 1.807) is 0 Å². The minimum Gasteiger partial charge on any atom is -0.330 e. The number of piperidine rings is 1. The average Bonchev–Trinajstić information content (AvgIpc) is 2.76. The molecule has 2 aliphatic rings. The Hall–Kier alpha value is -1.55. The number of rotatable bonds is 1. The molecule has 108 valence electrons. The number of amides is 2. The number of urea groups is 1. The molecular formula is C16H23N3O. The SMILES string of the molecule is CC1CCN(C(=O)NC2c3ccccc3CC2N)CC1. The smallest absolute Gasteiger partial charge is 0.317 e. The van der Waals surface area contributed by atoms with Crippen LogP contribution in [0.2, 0.25) is 0 Å². The summed E-state index contributed by atoms with van der Waals surface area (Å²) in [5, 5.41) is 3.13. The molecule has 20 heavy (non-hydrogen) atoms. The van der Waals surface area contributed by atoms with Crippen molar-refractivity contribution in [1.29, 1.82) is 0 Å². The van der Waals surface area contributed by atoms with Gasteiger partial charge in [-0.2, -0.15) is 0 Å². The molecule has 0 spiro atoms. The van der Waals surface area contributed by atoms with Crippen molar-refractivity contribution in [3.8, 4) is 0 Å². The quantitative estimate of drug-likeness (QED) is 0.823. The summed E-state index contributed by atoms with van der Waals surface area (Å²) in [6.45, 7) is 3.96. The van der Waals surface area contributed by atoms with E-state index in [0.717, 1.165) is 38.3 Å². The Bertz CT molecular complexity index is 494. The highest BCUT2D eigenvalue weighted by atomic mass is 16.2. The van der Waals surface area contributed by atoms with E-state index in [0.29, 0.717) is 0 Å². The van der Waals surface area contributed by atoms with E-state index >= 15 is 0 Å². The van der Waals surface area contributed by atoms with Crippen LogP contribution < -0.4 is 11.1 Å². The van der Waals surface area contributed by atoms with E-state index in [1.165, 1.54) is 11.1 Å². The number of carbonyl (C=O) groups is 1. The second kappa shape index (κ2) is 5.44. The van der Waals surface area contributed by atoms with E-state index in [4.69, 9.17) is 5.73 Å². The fraction of sp³-hybridized carbons (Fsp3) is 0.562. The van der Waals surface area contributed by atoms with Gasteiger partial charge in [0.05, 0.1) is 6.04 Å². The molecule has 1 saturated heterocycles. The summed E-state index contributed by atoms with van der Waals surface area (Å²) < 4.78 is 0. The van der Waals surface area contributed by atoms with Gasteiger partial charge >= 0.3 is 6.03 Å². The molecule has 2 atom stereocenters. The van der Waals surface area contributed by atoms with E-state index in [9.17, 15) is 4.79 Å². The molecule has 1 heterocycles. The minimum atomic E-state index is -0.0435. The van der Waals surface area contributed by atoms with Gasteiger partial charge in [-0.25, -0.2) is 4.79 Å². The first-order chi connectivity index (χ1) is 9.65. The van der Waals surface area contributed by atoms with Gasteiger partial charge in [0.15, 0.2) is 0 Å². The van der Waals surface area contributed by atoms with Crippen LogP contribution in [0.5, 0.6) is 0 Å². The van der Waals surface area contributed by atoms with E-state index in [1.807, 2.05) is 17.0 Å². The fourth-order valence-corrected chi connectivity index (χ4v) is 3.25. The van der Waals surface area contributed by atoms with E-state index in [-0.39, 0.29) is 18.1 Å². The van der Waals surface area contributed by atoms with Gasteiger partial charge in [0.1, 0.15) is 0 Å². The Morgan fingerprint density at radius 3 is 2.75 bits per heavy atom. The second-order valence-electron chi connectivity index (χ2n) is 6.16. The van der Waals surface area contributed by atoms with Crippen molar-refractivity contribution in [1.82, 2.24) is 10.2 Å². The summed E-state index contributed by atoms with van der Waals surface area (Å²) in [7, 11) is 0. The fourth-order valence-electron chi connectivity index (χ4n) is 3.25. The molecule has 1 aromatic carbocycles. The third-order valence-corrected chi connectivity index (χ3v) is 4.62. The molecule has 1 aliphatic heterocycles. The Labute approximate surface area is 120 Å². The summed E-state index contributed by atoms with van der Waals surface area (Å²) in [5.74, 6) is 0.730. The highest BCUT2D eigenvalue weighted by Crippen LogP contribution is 2.30. The highest BCUT2D eigenvalue weighted by molar-refractivity contribution is 5.75. The number of hydrogen-bond acceptors (Lipinski definition) is 2. The van der Waals surface area contributed by atoms with Gasteiger partial charge in [0, 0.05) is 19.1 Å². The highest BCUT2D eigenvalue weighted by Gasteiger charge is 2.32. The number of nitrogens with two attached hydrogens (primary N) is 1. The molecule has 2 unspecified atom stereocenters. The zero-order valence-electron chi connectivity index (χ0n) is 12.0. The molecule has 4 heteroatoms. The molecule has 2 amide bonds. The lowest BCUT2D eigenvalue weighted by molar-refractivity contribution is 0.169. The van der Waals surface area contributed by atoms with Gasteiger partial charge in [-0.05, 0) is 36.3 Å². The number of carbonyl (C=O) groups excluding carboxylic acids is 1. The van der Waals surface area contributed by atoms with Crippen molar-refractivity contribution in [2.24, 2.45) is 11.7 Å². The number of likely N-dealkylation sites (tertiary alicyclic amines) is 1. The predicted octanol–water partition coefficient (Wildman–Crippen LogP) is 2.05. The Kier molecular flexibility index (Phi) is 3.66. The molecule has 0 saturated carbocycles. The van der Waals surface area contributed by atoms with E-state index in [2.05, 4.69) is 24.4 Å². The normalized spacial score (nSPS) is 26.4. The summed E-state index contributed by atoms with van der Waals surface area (Å²) in [5.41, 5.74) is 8.64. The third-order valence-electron chi connectivity index (χ3n) is 4.62. The topological polar surface area (TPSA) is 58.4 Å². The number of nitrogens with zero attached hydrogens (tertiary/aromatic N) is 1. The molecule has 0 bridgehead atoms. The van der Waals surface area contributed by atoms with Gasteiger partial charge in [-0.1, -0.05) is 31.2 Å².